The van der Waals surface area contributed by atoms with E-state index in [2.05, 4.69) is 5.32 Å². The fourth-order valence-corrected chi connectivity index (χ4v) is 2.08. The molecule has 7 nitrogen and oxygen atoms in total. The lowest BCUT2D eigenvalue weighted by atomic mass is 10.4. The number of carbonyl (C=O) groups excluding carboxylic acids is 1. The predicted octanol–water partition coefficient (Wildman–Crippen LogP) is 0.183. The summed E-state index contributed by atoms with van der Waals surface area (Å²) in [7, 11) is -0.705. The Labute approximate surface area is 112 Å². The second-order valence-electron chi connectivity index (χ2n) is 3.92. The van der Waals surface area contributed by atoms with Gasteiger partial charge in [-0.25, -0.2) is 12.7 Å². The van der Waals surface area contributed by atoms with Crippen LogP contribution in [0.3, 0.4) is 0 Å². The normalized spacial score (nSPS) is 11.8. The van der Waals surface area contributed by atoms with Gasteiger partial charge in [0.25, 0.3) is 10.0 Å². The van der Waals surface area contributed by atoms with Gasteiger partial charge in [-0.2, -0.15) is 0 Å². The maximum Gasteiger partial charge on any atom is 0.319 e. The number of furan rings is 1. The van der Waals surface area contributed by atoms with Crippen LogP contribution in [0, 0.1) is 0 Å². The van der Waals surface area contributed by atoms with Crippen molar-refractivity contribution in [2.75, 3.05) is 27.2 Å². The lowest BCUT2D eigenvalue weighted by Crippen LogP contribution is -2.24. The van der Waals surface area contributed by atoms with E-state index in [4.69, 9.17) is 9.15 Å². The van der Waals surface area contributed by atoms with Gasteiger partial charge in [0.05, 0.1) is 19.7 Å². The molecule has 0 aliphatic heterocycles. The fraction of sp³-hybridized carbons (Fsp3) is 0.545. The average Bonchev–Trinajstić information content (AvgIpc) is 2.78. The van der Waals surface area contributed by atoms with Gasteiger partial charge in [-0.1, -0.05) is 0 Å². The summed E-state index contributed by atoms with van der Waals surface area (Å²) in [6, 6.07) is 2.94. The Morgan fingerprint density at radius 3 is 2.68 bits per heavy atom. The third-order valence-corrected chi connectivity index (χ3v) is 3.94. The summed E-state index contributed by atoms with van der Waals surface area (Å²) in [6.45, 7) is 2.35. The monoisotopic (exact) mass is 290 g/mol. The Morgan fingerprint density at radius 2 is 2.11 bits per heavy atom. The van der Waals surface area contributed by atoms with Crippen LogP contribution in [-0.4, -0.2) is 45.9 Å². The summed E-state index contributed by atoms with van der Waals surface area (Å²) >= 11 is 0. The van der Waals surface area contributed by atoms with E-state index in [0.717, 1.165) is 4.31 Å². The van der Waals surface area contributed by atoms with E-state index >= 15 is 0 Å². The first-order chi connectivity index (χ1) is 8.87. The van der Waals surface area contributed by atoms with Gasteiger partial charge >= 0.3 is 5.97 Å². The molecule has 0 aliphatic carbocycles. The minimum Gasteiger partial charge on any atom is -0.465 e. The highest BCUT2D eigenvalue weighted by Crippen LogP contribution is 2.16. The summed E-state index contributed by atoms with van der Waals surface area (Å²) in [4.78, 5) is 11.1. The van der Waals surface area contributed by atoms with E-state index in [-0.39, 0.29) is 24.2 Å². The molecular weight excluding hydrogens is 272 g/mol. The van der Waals surface area contributed by atoms with Crippen molar-refractivity contribution < 1.29 is 22.4 Å². The highest BCUT2D eigenvalue weighted by atomic mass is 32.2. The minimum absolute atomic E-state index is 0.0459. The first kappa shape index (κ1) is 15.7. The number of carbonyl (C=O) groups is 1. The van der Waals surface area contributed by atoms with Crippen LogP contribution in [0.15, 0.2) is 21.6 Å². The molecule has 0 unspecified atom stereocenters. The van der Waals surface area contributed by atoms with Crippen molar-refractivity contribution in [1.29, 1.82) is 0 Å². The van der Waals surface area contributed by atoms with Gasteiger partial charge in [-0.05, 0) is 19.1 Å². The molecule has 0 fully saturated rings. The summed E-state index contributed by atoms with van der Waals surface area (Å²) in [6.07, 6.45) is 0. The Bertz CT molecular complexity index is 521. The van der Waals surface area contributed by atoms with Crippen LogP contribution in [-0.2, 0) is 26.1 Å². The van der Waals surface area contributed by atoms with Crippen LogP contribution in [0.5, 0.6) is 0 Å². The largest absolute Gasteiger partial charge is 0.465 e. The van der Waals surface area contributed by atoms with Crippen molar-refractivity contribution in [3.8, 4) is 0 Å². The fourth-order valence-electron chi connectivity index (χ4n) is 1.27. The molecule has 8 heteroatoms. The second-order valence-corrected chi connectivity index (χ2v) is 6.00. The second kappa shape index (κ2) is 6.69. The van der Waals surface area contributed by atoms with Gasteiger partial charge in [0.2, 0.25) is 5.09 Å². The van der Waals surface area contributed by atoms with E-state index in [9.17, 15) is 13.2 Å². The van der Waals surface area contributed by atoms with Crippen LogP contribution in [0.2, 0.25) is 0 Å². The lowest BCUT2D eigenvalue weighted by molar-refractivity contribution is -0.142. The maximum absolute atomic E-state index is 11.8. The molecule has 0 saturated heterocycles. The van der Waals surface area contributed by atoms with Gasteiger partial charge in [-0.15, -0.1) is 0 Å². The molecule has 0 bridgehead atoms. The predicted molar refractivity (Wildman–Crippen MR) is 67.9 cm³/mol. The summed E-state index contributed by atoms with van der Waals surface area (Å²) in [5.74, 6) is 0.0694. The highest BCUT2D eigenvalue weighted by Gasteiger charge is 2.21. The SMILES string of the molecule is CCOC(=O)CNCc1ccc(S(=O)(=O)N(C)C)o1. The molecule has 0 saturated carbocycles. The van der Waals surface area contributed by atoms with Gasteiger partial charge in [0, 0.05) is 14.1 Å². The van der Waals surface area contributed by atoms with Gasteiger partial charge < -0.3 is 9.15 Å². The standard InChI is InChI=1S/C11H18N2O5S/c1-4-17-10(14)8-12-7-9-5-6-11(18-9)19(15,16)13(2)3/h5-6,12H,4,7-8H2,1-3H3. The topological polar surface area (TPSA) is 88.8 Å². The molecule has 0 radical (unpaired) electrons. The molecular formula is C11H18N2O5S. The number of sulfonamides is 1. The molecule has 108 valence electrons. The third-order valence-electron chi connectivity index (χ3n) is 2.25. The summed E-state index contributed by atoms with van der Waals surface area (Å²) in [5.41, 5.74) is 0. The van der Waals surface area contributed by atoms with Crippen LogP contribution in [0.4, 0.5) is 0 Å². The zero-order valence-corrected chi connectivity index (χ0v) is 12.0. The molecule has 1 heterocycles. The Balaban J connectivity index is 2.55. The summed E-state index contributed by atoms with van der Waals surface area (Å²) < 4.78 is 34.5. The number of nitrogens with one attached hydrogen (secondary N) is 1. The van der Waals surface area contributed by atoms with Crippen LogP contribution in [0.1, 0.15) is 12.7 Å². The van der Waals surface area contributed by atoms with Gasteiger partial charge in [0.15, 0.2) is 0 Å². The van der Waals surface area contributed by atoms with E-state index < -0.39 is 10.0 Å². The van der Waals surface area contributed by atoms with E-state index in [1.54, 1.807) is 13.0 Å². The van der Waals surface area contributed by atoms with Crippen LogP contribution < -0.4 is 5.32 Å². The third kappa shape index (κ3) is 4.34. The zero-order chi connectivity index (χ0) is 14.5. The van der Waals surface area contributed by atoms with E-state index in [0.29, 0.717) is 12.4 Å². The molecule has 0 aliphatic rings. The highest BCUT2D eigenvalue weighted by molar-refractivity contribution is 7.88. The molecule has 1 rings (SSSR count). The Kier molecular flexibility index (Phi) is 5.52. The molecule has 0 spiro atoms. The van der Waals surface area contributed by atoms with Gasteiger partial charge in [-0.3, -0.25) is 10.1 Å². The number of hydrogen-bond acceptors (Lipinski definition) is 6. The molecule has 0 atom stereocenters. The molecule has 1 aromatic heterocycles. The van der Waals surface area contributed by atoms with E-state index in [1.165, 1.54) is 20.2 Å². The van der Waals surface area contributed by atoms with Crippen molar-refractivity contribution in [2.24, 2.45) is 0 Å². The molecule has 1 N–H and O–H groups in total. The van der Waals surface area contributed by atoms with Crippen molar-refractivity contribution >= 4 is 16.0 Å². The van der Waals surface area contributed by atoms with Crippen molar-refractivity contribution in [3.05, 3.63) is 17.9 Å². The Morgan fingerprint density at radius 1 is 1.42 bits per heavy atom. The summed E-state index contributed by atoms with van der Waals surface area (Å²) in [5, 5.41) is 2.68. The lowest BCUT2D eigenvalue weighted by Gasteiger charge is -2.07. The first-order valence-electron chi connectivity index (χ1n) is 5.75. The molecule has 0 aromatic carbocycles. The minimum atomic E-state index is -3.56. The number of ether oxygens (including phenoxy) is 1. The number of esters is 1. The quantitative estimate of drug-likeness (QED) is 0.721. The van der Waals surface area contributed by atoms with Crippen molar-refractivity contribution in [3.63, 3.8) is 0 Å². The number of rotatable bonds is 7. The average molecular weight is 290 g/mol. The van der Waals surface area contributed by atoms with E-state index in [1.807, 2.05) is 0 Å². The van der Waals surface area contributed by atoms with Crippen LogP contribution in [0.25, 0.3) is 0 Å². The van der Waals surface area contributed by atoms with Crippen LogP contribution >= 0.6 is 0 Å². The smallest absolute Gasteiger partial charge is 0.319 e. The zero-order valence-electron chi connectivity index (χ0n) is 11.2. The first-order valence-corrected chi connectivity index (χ1v) is 7.19. The maximum atomic E-state index is 11.8. The van der Waals surface area contributed by atoms with Crippen molar-refractivity contribution in [1.82, 2.24) is 9.62 Å². The molecule has 19 heavy (non-hydrogen) atoms. The molecule has 1 aromatic rings. The molecule has 0 amide bonds. The number of hydrogen-bond donors (Lipinski definition) is 1. The van der Waals surface area contributed by atoms with Gasteiger partial charge in [0.1, 0.15) is 5.76 Å². The Hall–Kier alpha value is -1.38. The number of nitrogens with zero attached hydrogens (tertiary/aromatic N) is 1. The van der Waals surface area contributed by atoms with Crippen molar-refractivity contribution in [2.45, 2.75) is 18.6 Å².